The Morgan fingerprint density at radius 3 is 2.59 bits per heavy atom. The SMILES string of the molecule is CC(C)c1c(O)nc(SCC[NH+](C)C)[nH]c1=O. The monoisotopic (exact) mass is 258 g/mol. The fourth-order valence-corrected chi connectivity index (χ4v) is 2.41. The van der Waals surface area contributed by atoms with Crippen molar-refractivity contribution in [3.63, 3.8) is 0 Å². The van der Waals surface area contributed by atoms with Crippen molar-refractivity contribution in [2.24, 2.45) is 0 Å². The predicted octanol–water partition coefficient (Wildman–Crippen LogP) is -0.164. The Labute approximate surface area is 105 Å². The molecule has 6 heteroatoms. The van der Waals surface area contributed by atoms with Gasteiger partial charge in [0.1, 0.15) is 0 Å². The van der Waals surface area contributed by atoms with Gasteiger partial charge in [0.2, 0.25) is 5.88 Å². The van der Waals surface area contributed by atoms with Crippen molar-refractivity contribution in [1.29, 1.82) is 0 Å². The van der Waals surface area contributed by atoms with Gasteiger partial charge in [-0.3, -0.25) is 4.79 Å². The van der Waals surface area contributed by atoms with Crippen molar-refractivity contribution >= 4 is 11.8 Å². The summed E-state index contributed by atoms with van der Waals surface area (Å²) in [4.78, 5) is 19.8. The number of quaternary nitrogens is 1. The molecule has 17 heavy (non-hydrogen) atoms. The molecule has 96 valence electrons. The highest BCUT2D eigenvalue weighted by molar-refractivity contribution is 7.99. The lowest BCUT2D eigenvalue weighted by Crippen LogP contribution is -3.06. The van der Waals surface area contributed by atoms with Gasteiger partial charge in [0, 0.05) is 0 Å². The minimum absolute atomic E-state index is 0.0310. The molecule has 0 unspecified atom stereocenters. The van der Waals surface area contributed by atoms with Crippen LogP contribution < -0.4 is 10.5 Å². The molecule has 0 spiro atoms. The van der Waals surface area contributed by atoms with Gasteiger partial charge in [0.05, 0.1) is 32.0 Å². The van der Waals surface area contributed by atoms with Crippen LogP contribution in [0.25, 0.3) is 0 Å². The molecule has 0 radical (unpaired) electrons. The third-order valence-corrected chi connectivity index (χ3v) is 3.21. The summed E-state index contributed by atoms with van der Waals surface area (Å²) in [6, 6.07) is 0. The maximum absolute atomic E-state index is 11.7. The molecule has 0 atom stereocenters. The number of thioether (sulfide) groups is 1. The van der Waals surface area contributed by atoms with Crippen LogP contribution in [0.5, 0.6) is 5.88 Å². The minimum atomic E-state index is -0.243. The van der Waals surface area contributed by atoms with E-state index in [9.17, 15) is 9.90 Å². The van der Waals surface area contributed by atoms with Gasteiger partial charge in [-0.1, -0.05) is 25.6 Å². The number of aromatic amines is 1. The van der Waals surface area contributed by atoms with E-state index in [1.54, 1.807) is 0 Å². The quantitative estimate of drug-likeness (QED) is 0.507. The Kier molecular flexibility index (Phi) is 5.02. The lowest BCUT2D eigenvalue weighted by molar-refractivity contribution is -0.855. The molecule has 0 aromatic carbocycles. The van der Waals surface area contributed by atoms with Crippen molar-refractivity contribution in [3.8, 4) is 5.88 Å². The second-order valence-electron chi connectivity index (χ2n) is 4.57. The summed E-state index contributed by atoms with van der Waals surface area (Å²) in [6.07, 6.45) is 0. The van der Waals surface area contributed by atoms with Gasteiger partial charge < -0.3 is 15.0 Å². The molecule has 0 aliphatic rings. The number of rotatable bonds is 5. The first-order chi connectivity index (χ1) is 7.91. The zero-order valence-electron chi connectivity index (χ0n) is 10.7. The van der Waals surface area contributed by atoms with E-state index in [2.05, 4.69) is 24.1 Å². The van der Waals surface area contributed by atoms with Crippen molar-refractivity contribution in [3.05, 3.63) is 15.9 Å². The summed E-state index contributed by atoms with van der Waals surface area (Å²) in [7, 11) is 4.13. The summed E-state index contributed by atoms with van der Waals surface area (Å²) < 4.78 is 0. The molecular formula is C11H20N3O2S+. The number of aromatic nitrogens is 2. The van der Waals surface area contributed by atoms with E-state index < -0.39 is 0 Å². The highest BCUT2D eigenvalue weighted by Gasteiger charge is 2.14. The molecule has 0 fully saturated rings. The second kappa shape index (κ2) is 6.07. The van der Waals surface area contributed by atoms with Crippen molar-refractivity contribution in [2.45, 2.75) is 24.9 Å². The van der Waals surface area contributed by atoms with Crippen molar-refractivity contribution in [2.75, 3.05) is 26.4 Å². The summed E-state index contributed by atoms with van der Waals surface area (Å²) >= 11 is 1.45. The highest BCUT2D eigenvalue weighted by Crippen LogP contribution is 2.21. The van der Waals surface area contributed by atoms with Crippen LogP contribution in [-0.4, -0.2) is 41.5 Å². The van der Waals surface area contributed by atoms with Crippen LogP contribution in [-0.2, 0) is 0 Å². The van der Waals surface area contributed by atoms with Gasteiger partial charge in [-0.2, -0.15) is 4.98 Å². The molecule has 0 saturated heterocycles. The summed E-state index contributed by atoms with van der Waals surface area (Å²) in [6.45, 7) is 4.68. The van der Waals surface area contributed by atoms with Gasteiger partial charge in [-0.15, -0.1) is 0 Å². The standard InChI is InChI=1S/C11H19N3O2S/c1-7(2)8-9(15)12-11(13-10(8)16)17-6-5-14(3)4/h7H,5-6H2,1-4H3,(H2,12,13,15,16)/p+1. The van der Waals surface area contributed by atoms with Gasteiger partial charge >= 0.3 is 0 Å². The first-order valence-corrected chi connectivity index (χ1v) is 6.65. The predicted molar refractivity (Wildman–Crippen MR) is 69.0 cm³/mol. The third kappa shape index (κ3) is 4.05. The first-order valence-electron chi connectivity index (χ1n) is 5.66. The fraction of sp³-hybridized carbons (Fsp3) is 0.636. The smallest absolute Gasteiger partial charge is 0.258 e. The summed E-state index contributed by atoms with van der Waals surface area (Å²) in [5, 5.41) is 10.2. The lowest BCUT2D eigenvalue weighted by Gasteiger charge is -2.09. The van der Waals surface area contributed by atoms with Crippen LogP contribution in [0.1, 0.15) is 25.3 Å². The molecule has 1 aromatic heterocycles. The third-order valence-electron chi connectivity index (χ3n) is 2.33. The van der Waals surface area contributed by atoms with Gasteiger partial charge in [0.25, 0.3) is 5.56 Å². The van der Waals surface area contributed by atoms with Crippen LogP contribution >= 0.6 is 11.8 Å². The summed E-state index contributed by atoms with van der Waals surface area (Å²) in [5.41, 5.74) is 0.111. The average Bonchev–Trinajstić information content (AvgIpc) is 2.14. The fourth-order valence-electron chi connectivity index (χ4n) is 1.39. The van der Waals surface area contributed by atoms with Crippen LogP contribution in [0.3, 0.4) is 0 Å². The molecule has 0 aliphatic carbocycles. The van der Waals surface area contributed by atoms with Gasteiger partial charge in [-0.25, -0.2) is 0 Å². The second-order valence-corrected chi connectivity index (χ2v) is 5.65. The van der Waals surface area contributed by atoms with E-state index in [1.165, 1.54) is 16.7 Å². The molecular weight excluding hydrogens is 238 g/mol. The van der Waals surface area contributed by atoms with Crippen LogP contribution in [0.15, 0.2) is 9.95 Å². The number of nitrogens with one attached hydrogen (secondary N) is 2. The largest absolute Gasteiger partial charge is 0.493 e. The molecule has 1 rings (SSSR count). The highest BCUT2D eigenvalue weighted by atomic mass is 32.2. The number of hydrogen-bond acceptors (Lipinski definition) is 4. The Bertz CT molecular complexity index is 429. The van der Waals surface area contributed by atoms with Crippen molar-refractivity contribution in [1.82, 2.24) is 9.97 Å². The van der Waals surface area contributed by atoms with E-state index in [-0.39, 0.29) is 17.4 Å². The first kappa shape index (κ1) is 14.1. The maximum atomic E-state index is 11.7. The Balaban J connectivity index is 2.80. The number of aromatic hydroxyl groups is 1. The molecule has 0 amide bonds. The van der Waals surface area contributed by atoms with E-state index in [4.69, 9.17) is 0 Å². The maximum Gasteiger partial charge on any atom is 0.258 e. The van der Waals surface area contributed by atoms with Gasteiger partial charge in [-0.05, 0) is 5.92 Å². The Hall–Kier alpha value is -1.01. The number of hydrogen-bond donors (Lipinski definition) is 3. The molecule has 0 saturated carbocycles. The number of nitrogens with zero attached hydrogens (tertiary/aromatic N) is 1. The minimum Gasteiger partial charge on any atom is -0.493 e. The molecule has 1 aromatic rings. The molecule has 0 bridgehead atoms. The molecule has 1 heterocycles. The topological polar surface area (TPSA) is 70.4 Å². The van der Waals surface area contributed by atoms with Crippen LogP contribution in [0.4, 0.5) is 0 Å². The van der Waals surface area contributed by atoms with Gasteiger partial charge in [0.15, 0.2) is 5.16 Å². The van der Waals surface area contributed by atoms with E-state index in [0.29, 0.717) is 10.7 Å². The molecule has 3 N–H and O–H groups in total. The number of H-pyrrole nitrogens is 1. The van der Waals surface area contributed by atoms with E-state index in [0.717, 1.165) is 12.3 Å². The Morgan fingerprint density at radius 2 is 2.12 bits per heavy atom. The van der Waals surface area contributed by atoms with E-state index >= 15 is 0 Å². The van der Waals surface area contributed by atoms with E-state index in [1.807, 2.05) is 13.8 Å². The normalized spacial score (nSPS) is 11.4. The van der Waals surface area contributed by atoms with Crippen molar-refractivity contribution < 1.29 is 10.0 Å². The Morgan fingerprint density at radius 1 is 1.47 bits per heavy atom. The molecule has 0 aliphatic heterocycles. The zero-order chi connectivity index (χ0) is 13.0. The van der Waals surface area contributed by atoms with Crippen LogP contribution in [0, 0.1) is 0 Å². The zero-order valence-corrected chi connectivity index (χ0v) is 11.5. The molecule has 5 nitrogen and oxygen atoms in total. The summed E-state index contributed by atoms with van der Waals surface area (Å²) in [5.74, 6) is 0.672. The average molecular weight is 258 g/mol. The van der Waals surface area contributed by atoms with Crippen LogP contribution in [0.2, 0.25) is 0 Å². The lowest BCUT2D eigenvalue weighted by atomic mass is 10.1.